The molecule has 4 nitrogen and oxygen atoms in total. The molecule has 118 valence electrons. The maximum atomic E-state index is 12.5. The number of rotatable bonds is 3. The van der Waals surface area contributed by atoms with Gasteiger partial charge in [-0.1, -0.05) is 37.0 Å². The van der Waals surface area contributed by atoms with E-state index >= 15 is 0 Å². The smallest absolute Gasteiger partial charge is 0.242 e. The van der Waals surface area contributed by atoms with E-state index in [-0.39, 0.29) is 26.7 Å². The second kappa shape index (κ2) is 6.32. The number of nitrogens with two attached hydrogens (primary N) is 1. The van der Waals surface area contributed by atoms with E-state index in [0.29, 0.717) is 11.8 Å². The number of sulfonamides is 1. The predicted molar refractivity (Wildman–Crippen MR) is 87.2 cm³/mol. The Morgan fingerprint density at radius 3 is 2.29 bits per heavy atom. The fraction of sp³-hybridized carbons (Fsp3) is 0.571. The molecule has 0 saturated heterocycles. The van der Waals surface area contributed by atoms with Crippen LogP contribution in [0.3, 0.4) is 0 Å². The highest BCUT2D eigenvalue weighted by Crippen LogP contribution is 2.34. The van der Waals surface area contributed by atoms with Crippen molar-refractivity contribution < 1.29 is 8.42 Å². The fourth-order valence-corrected chi connectivity index (χ4v) is 5.11. The molecule has 0 bridgehead atoms. The van der Waals surface area contributed by atoms with Crippen LogP contribution in [0.5, 0.6) is 0 Å². The molecule has 3 N–H and O–H groups in total. The molecule has 2 atom stereocenters. The van der Waals surface area contributed by atoms with Crippen LogP contribution < -0.4 is 10.5 Å². The summed E-state index contributed by atoms with van der Waals surface area (Å²) in [5.41, 5.74) is 5.79. The Hall–Kier alpha value is -0.490. The number of nitrogens with one attached hydrogen (secondary N) is 1. The lowest BCUT2D eigenvalue weighted by molar-refractivity contribution is 0.257. The zero-order chi connectivity index (χ0) is 15.8. The van der Waals surface area contributed by atoms with Crippen molar-refractivity contribution in [2.24, 2.45) is 11.8 Å². The molecule has 1 aliphatic carbocycles. The van der Waals surface area contributed by atoms with Crippen molar-refractivity contribution in [2.75, 3.05) is 5.73 Å². The summed E-state index contributed by atoms with van der Waals surface area (Å²) >= 11 is 11.9. The molecule has 1 aliphatic rings. The second-order valence-electron chi connectivity index (χ2n) is 6.01. The summed E-state index contributed by atoms with van der Waals surface area (Å²) in [5, 5.41) is 0.228. The van der Waals surface area contributed by atoms with Crippen molar-refractivity contribution in [3.8, 4) is 0 Å². The van der Waals surface area contributed by atoms with Crippen molar-refractivity contribution in [3.63, 3.8) is 0 Å². The SMILES string of the molecule is CC1CC(C)CC(NS(=O)(=O)c2ccc(Cl)c(N)c2Cl)C1. The summed E-state index contributed by atoms with van der Waals surface area (Å²) in [6.07, 6.45) is 2.81. The minimum Gasteiger partial charge on any atom is -0.396 e. The fourth-order valence-electron chi connectivity index (χ4n) is 3.08. The number of anilines is 1. The quantitative estimate of drug-likeness (QED) is 0.816. The highest BCUT2D eigenvalue weighted by Gasteiger charge is 2.29. The summed E-state index contributed by atoms with van der Waals surface area (Å²) in [5.74, 6) is 1.01. The van der Waals surface area contributed by atoms with Crippen LogP contribution in [0.25, 0.3) is 0 Å². The van der Waals surface area contributed by atoms with E-state index in [4.69, 9.17) is 28.9 Å². The molecule has 0 heterocycles. The van der Waals surface area contributed by atoms with Gasteiger partial charge < -0.3 is 5.73 Å². The van der Waals surface area contributed by atoms with Crippen LogP contribution >= 0.6 is 23.2 Å². The molecule has 2 rings (SSSR count). The van der Waals surface area contributed by atoms with Crippen molar-refractivity contribution >= 4 is 38.9 Å². The van der Waals surface area contributed by atoms with Crippen LogP contribution in [0.2, 0.25) is 10.0 Å². The van der Waals surface area contributed by atoms with Gasteiger partial charge in [0.15, 0.2) is 0 Å². The Bertz CT molecular complexity index is 624. The molecule has 0 spiro atoms. The summed E-state index contributed by atoms with van der Waals surface area (Å²) in [6, 6.07) is 2.77. The van der Waals surface area contributed by atoms with E-state index in [1.165, 1.54) is 12.1 Å². The third-order valence-corrected chi connectivity index (χ3v) is 6.29. The first-order valence-corrected chi connectivity index (χ1v) is 9.20. The van der Waals surface area contributed by atoms with Crippen LogP contribution in [0.1, 0.15) is 33.1 Å². The van der Waals surface area contributed by atoms with Gasteiger partial charge in [0, 0.05) is 6.04 Å². The van der Waals surface area contributed by atoms with Gasteiger partial charge >= 0.3 is 0 Å². The third-order valence-electron chi connectivity index (χ3n) is 3.88. The lowest BCUT2D eigenvalue weighted by Crippen LogP contribution is -2.40. The first-order chi connectivity index (χ1) is 9.70. The summed E-state index contributed by atoms with van der Waals surface area (Å²) < 4.78 is 27.8. The number of nitrogen functional groups attached to an aromatic ring is 1. The maximum Gasteiger partial charge on any atom is 0.242 e. The molecule has 2 unspecified atom stereocenters. The Labute approximate surface area is 136 Å². The Morgan fingerprint density at radius 1 is 1.14 bits per heavy atom. The van der Waals surface area contributed by atoms with Crippen molar-refractivity contribution in [1.82, 2.24) is 4.72 Å². The molecular weight excluding hydrogens is 331 g/mol. The van der Waals surface area contributed by atoms with Gasteiger partial charge in [0.1, 0.15) is 4.90 Å². The molecule has 1 aromatic rings. The predicted octanol–water partition coefficient (Wildman–Crippen LogP) is 3.68. The number of benzene rings is 1. The van der Waals surface area contributed by atoms with Gasteiger partial charge in [-0.2, -0.15) is 0 Å². The highest BCUT2D eigenvalue weighted by molar-refractivity contribution is 7.89. The van der Waals surface area contributed by atoms with E-state index in [9.17, 15) is 8.42 Å². The topological polar surface area (TPSA) is 72.2 Å². The van der Waals surface area contributed by atoms with Crippen LogP contribution in [0, 0.1) is 11.8 Å². The van der Waals surface area contributed by atoms with E-state index in [1.807, 2.05) is 0 Å². The van der Waals surface area contributed by atoms with Crippen LogP contribution in [-0.2, 0) is 10.0 Å². The lowest BCUT2D eigenvalue weighted by Gasteiger charge is -2.31. The monoisotopic (exact) mass is 350 g/mol. The Morgan fingerprint density at radius 2 is 1.71 bits per heavy atom. The van der Waals surface area contributed by atoms with E-state index in [2.05, 4.69) is 18.6 Å². The first-order valence-electron chi connectivity index (χ1n) is 6.96. The molecule has 21 heavy (non-hydrogen) atoms. The minimum absolute atomic E-state index is 0.0167. The van der Waals surface area contributed by atoms with Crippen molar-refractivity contribution in [3.05, 3.63) is 22.2 Å². The van der Waals surface area contributed by atoms with Gasteiger partial charge in [0.25, 0.3) is 0 Å². The van der Waals surface area contributed by atoms with Gasteiger partial charge in [-0.15, -0.1) is 0 Å². The van der Waals surface area contributed by atoms with Gasteiger partial charge in [0.05, 0.1) is 15.7 Å². The molecule has 0 amide bonds. The van der Waals surface area contributed by atoms with Gasteiger partial charge in [-0.05, 0) is 43.2 Å². The zero-order valence-electron chi connectivity index (χ0n) is 12.1. The van der Waals surface area contributed by atoms with Crippen molar-refractivity contribution in [1.29, 1.82) is 0 Å². The highest BCUT2D eigenvalue weighted by atomic mass is 35.5. The van der Waals surface area contributed by atoms with Crippen LogP contribution in [0.15, 0.2) is 17.0 Å². The molecule has 0 aliphatic heterocycles. The maximum absolute atomic E-state index is 12.5. The van der Waals surface area contributed by atoms with Gasteiger partial charge in [-0.25, -0.2) is 13.1 Å². The average Bonchev–Trinajstić information content (AvgIpc) is 2.33. The van der Waals surface area contributed by atoms with Crippen LogP contribution in [0.4, 0.5) is 5.69 Å². The Kier molecular flexibility index (Phi) is 5.08. The molecule has 1 aromatic carbocycles. The molecule has 0 aromatic heterocycles. The number of hydrogen-bond donors (Lipinski definition) is 2. The van der Waals surface area contributed by atoms with E-state index < -0.39 is 10.0 Å². The molecular formula is C14H20Cl2N2O2S. The number of halogens is 2. The molecule has 0 radical (unpaired) electrons. The summed E-state index contributed by atoms with van der Waals surface area (Å²) in [4.78, 5) is -0.0167. The molecule has 7 heteroatoms. The number of hydrogen-bond acceptors (Lipinski definition) is 3. The van der Waals surface area contributed by atoms with E-state index in [1.54, 1.807) is 0 Å². The van der Waals surface area contributed by atoms with Gasteiger partial charge in [0.2, 0.25) is 10.0 Å². The standard InChI is InChI=1S/C14H20Cl2N2O2S/c1-8-5-9(2)7-10(6-8)18-21(19,20)12-4-3-11(15)14(17)13(12)16/h3-4,8-10,18H,5-7,17H2,1-2H3. The van der Waals surface area contributed by atoms with Gasteiger partial charge in [-0.3, -0.25) is 0 Å². The third kappa shape index (κ3) is 3.83. The average molecular weight is 351 g/mol. The molecule has 1 saturated carbocycles. The van der Waals surface area contributed by atoms with Crippen LogP contribution in [-0.4, -0.2) is 14.5 Å². The Balaban J connectivity index is 2.25. The minimum atomic E-state index is -3.70. The zero-order valence-corrected chi connectivity index (χ0v) is 14.4. The molecule has 1 fully saturated rings. The largest absolute Gasteiger partial charge is 0.396 e. The van der Waals surface area contributed by atoms with E-state index in [0.717, 1.165) is 19.3 Å². The first kappa shape index (κ1) is 16.9. The lowest BCUT2D eigenvalue weighted by atomic mass is 9.81. The second-order valence-corrected chi connectivity index (χ2v) is 8.48. The van der Waals surface area contributed by atoms with Crippen molar-refractivity contribution in [2.45, 2.75) is 44.0 Å². The summed E-state index contributed by atoms with van der Waals surface area (Å²) in [6.45, 7) is 4.29. The summed E-state index contributed by atoms with van der Waals surface area (Å²) in [7, 11) is -3.70. The normalized spacial score (nSPS) is 26.8.